The van der Waals surface area contributed by atoms with Crippen LogP contribution in [0.15, 0.2) is 48.5 Å². The topological polar surface area (TPSA) is 76.2 Å². The van der Waals surface area contributed by atoms with Gasteiger partial charge in [-0.2, -0.15) is 5.26 Å². The zero-order valence-corrected chi connectivity index (χ0v) is 11.9. The Kier molecular flexibility index (Phi) is 4.22. The van der Waals surface area contributed by atoms with Crippen molar-refractivity contribution in [3.05, 3.63) is 74.8 Å². The number of nitriles is 1. The number of nitro benzene ring substituents is 1. The third-order valence-corrected chi connectivity index (χ3v) is 3.50. The number of rotatable bonds is 4. The van der Waals surface area contributed by atoms with E-state index in [1.165, 1.54) is 25.3 Å². The second kappa shape index (κ2) is 5.92. The van der Waals surface area contributed by atoms with E-state index in [1.54, 1.807) is 24.3 Å². The molecule has 0 bridgehead atoms. The molecule has 6 heteroatoms. The van der Waals surface area contributed by atoms with E-state index in [2.05, 4.69) is 6.07 Å². The molecule has 0 aliphatic heterocycles. The Morgan fingerprint density at radius 3 is 2.43 bits per heavy atom. The number of methoxy groups -OCH3 is 1. The van der Waals surface area contributed by atoms with E-state index in [0.717, 1.165) is 0 Å². The van der Waals surface area contributed by atoms with Crippen molar-refractivity contribution in [2.24, 2.45) is 0 Å². The molecule has 2 aromatic rings. The van der Waals surface area contributed by atoms with E-state index in [9.17, 15) is 15.4 Å². The van der Waals surface area contributed by atoms with E-state index in [0.29, 0.717) is 11.1 Å². The third kappa shape index (κ3) is 2.59. The molecule has 0 saturated carbocycles. The van der Waals surface area contributed by atoms with Crippen LogP contribution in [-0.2, 0) is 10.3 Å². The average Bonchev–Trinajstić information content (AvgIpc) is 2.51. The molecule has 5 nitrogen and oxygen atoms in total. The highest BCUT2D eigenvalue weighted by atomic mass is 35.5. The lowest BCUT2D eigenvalue weighted by molar-refractivity contribution is -0.384. The van der Waals surface area contributed by atoms with Gasteiger partial charge in [-0.25, -0.2) is 0 Å². The summed E-state index contributed by atoms with van der Waals surface area (Å²) in [5.74, 6) is 0. The van der Waals surface area contributed by atoms with E-state index in [1.807, 2.05) is 6.07 Å². The minimum atomic E-state index is -1.41. The molecule has 0 saturated heterocycles. The lowest BCUT2D eigenvalue weighted by atomic mass is 9.87. The number of nitrogens with zero attached hydrogens (tertiary/aromatic N) is 2. The Bertz CT molecular complexity index is 713. The molecule has 2 rings (SSSR count). The molecule has 0 amide bonds. The molecule has 21 heavy (non-hydrogen) atoms. The fourth-order valence-electron chi connectivity index (χ4n) is 2.13. The molecule has 0 aliphatic rings. The van der Waals surface area contributed by atoms with Gasteiger partial charge in [0, 0.05) is 30.4 Å². The second-order valence-corrected chi connectivity index (χ2v) is 4.69. The summed E-state index contributed by atoms with van der Waals surface area (Å²) in [7, 11) is 1.40. The van der Waals surface area contributed by atoms with Gasteiger partial charge in [0.25, 0.3) is 5.69 Å². The molecule has 1 unspecified atom stereocenters. The first-order chi connectivity index (χ1) is 10.0. The molecule has 0 aliphatic carbocycles. The normalized spacial score (nSPS) is 13.2. The first kappa shape index (κ1) is 15.0. The number of halogens is 1. The van der Waals surface area contributed by atoms with Crippen molar-refractivity contribution >= 4 is 17.3 Å². The third-order valence-electron chi connectivity index (χ3n) is 3.19. The first-order valence-corrected chi connectivity index (χ1v) is 6.39. The molecule has 0 heterocycles. The van der Waals surface area contributed by atoms with Crippen LogP contribution in [0.1, 0.15) is 11.1 Å². The molecular weight excluding hydrogens is 292 g/mol. The minimum Gasteiger partial charge on any atom is -0.355 e. The number of benzene rings is 2. The van der Waals surface area contributed by atoms with Gasteiger partial charge in [0.2, 0.25) is 5.60 Å². The van der Waals surface area contributed by atoms with Crippen LogP contribution in [0.25, 0.3) is 0 Å². The molecule has 2 aromatic carbocycles. The van der Waals surface area contributed by atoms with E-state index >= 15 is 0 Å². The molecular formula is C15H11ClN2O3. The summed E-state index contributed by atoms with van der Waals surface area (Å²) < 4.78 is 5.42. The molecule has 0 aromatic heterocycles. The smallest absolute Gasteiger partial charge is 0.270 e. The highest BCUT2D eigenvalue weighted by molar-refractivity contribution is 6.31. The summed E-state index contributed by atoms with van der Waals surface area (Å²) in [5, 5.41) is 20.5. The van der Waals surface area contributed by atoms with Crippen molar-refractivity contribution in [2.75, 3.05) is 7.11 Å². The molecule has 1 atom stereocenters. The molecule has 0 N–H and O–H groups in total. The maximum absolute atomic E-state index is 10.8. The van der Waals surface area contributed by atoms with Crippen LogP contribution in [0, 0.1) is 21.4 Å². The fraction of sp³-hybridized carbons (Fsp3) is 0.133. The SMILES string of the molecule is COC(C#N)(c1ccccc1)c1ccc([N+](=O)[O-])cc1Cl. The summed E-state index contributed by atoms with van der Waals surface area (Å²) >= 11 is 6.13. The minimum absolute atomic E-state index is 0.108. The van der Waals surface area contributed by atoms with Gasteiger partial charge in [-0.15, -0.1) is 0 Å². The predicted octanol–water partition coefficient (Wildman–Crippen LogP) is 3.66. The molecule has 0 fully saturated rings. The van der Waals surface area contributed by atoms with Crippen LogP contribution in [0.5, 0.6) is 0 Å². The van der Waals surface area contributed by atoms with Crippen LogP contribution in [0.4, 0.5) is 5.69 Å². The van der Waals surface area contributed by atoms with Crippen LogP contribution in [0.3, 0.4) is 0 Å². The molecule has 0 spiro atoms. The van der Waals surface area contributed by atoms with Gasteiger partial charge < -0.3 is 4.74 Å². The Hall–Kier alpha value is -2.42. The first-order valence-electron chi connectivity index (χ1n) is 6.01. The van der Waals surface area contributed by atoms with E-state index < -0.39 is 10.5 Å². The van der Waals surface area contributed by atoms with Gasteiger partial charge in [0.1, 0.15) is 6.07 Å². The van der Waals surface area contributed by atoms with Gasteiger partial charge in [0.15, 0.2) is 0 Å². The van der Waals surface area contributed by atoms with Gasteiger partial charge in [0.05, 0.1) is 9.95 Å². The number of nitro groups is 1. The number of non-ortho nitro benzene ring substituents is 1. The van der Waals surface area contributed by atoms with E-state index in [-0.39, 0.29) is 10.7 Å². The Balaban J connectivity index is 2.65. The van der Waals surface area contributed by atoms with Crippen LogP contribution >= 0.6 is 11.6 Å². The lowest BCUT2D eigenvalue weighted by Gasteiger charge is -2.26. The maximum atomic E-state index is 10.8. The van der Waals surface area contributed by atoms with Crippen LogP contribution < -0.4 is 0 Å². The van der Waals surface area contributed by atoms with Crippen LogP contribution in [-0.4, -0.2) is 12.0 Å². The Morgan fingerprint density at radius 1 is 1.29 bits per heavy atom. The van der Waals surface area contributed by atoms with Crippen molar-refractivity contribution in [3.8, 4) is 6.07 Å². The van der Waals surface area contributed by atoms with Gasteiger partial charge in [-0.1, -0.05) is 41.9 Å². The number of ether oxygens (including phenoxy) is 1. The summed E-state index contributed by atoms with van der Waals surface area (Å²) in [6.45, 7) is 0. The van der Waals surface area contributed by atoms with Crippen molar-refractivity contribution in [1.82, 2.24) is 0 Å². The predicted molar refractivity (Wildman–Crippen MR) is 78.0 cm³/mol. The average molecular weight is 303 g/mol. The zero-order valence-electron chi connectivity index (χ0n) is 11.1. The maximum Gasteiger partial charge on any atom is 0.270 e. The fourth-order valence-corrected chi connectivity index (χ4v) is 2.44. The Labute approximate surface area is 126 Å². The van der Waals surface area contributed by atoms with E-state index in [4.69, 9.17) is 16.3 Å². The monoisotopic (exact) mass is 302 g/mol. The van der Waals surface area contributed by atoms with Gasteiger partial charge in [-0.3, -0.25) is 10.1 Å². The summed E-state index contributed by atoms with van der Waals surface area (Å²) in [4.78, 5) is 10.2. The Morgan fingerprint density at radius 2 is 1.95 bits per heavy atom. The summed E-state index contributed by atoms with van der Waals surface area (Å²) in [5.41, 5.74) is -0.579. The zero-order chi connectivity index (χ0) is 15.5. The van der Waals surface area contributed by atoms with Crippen molar-refractivity contribution in [2.45, 2.75) is 5.60 Å². The lowest BCUT2D eigenvalue weighted by Crippen LogP contribution is -2.28. The van der Waals surface area contributed by atoms with Gasteiger partial charge in [-0.05, 0) is 6.07 Å². The second-order valence-electron chi connectivity index (χ2n) is 4.28. The molecule has 106 valence electrons. The molecule has 0 radical (unpaired) electrons. The highest BCUT2D eigenvalue weighted by Gasteiger charge is 2.37. The quantitative estimate of drug-likeness (QED) is 0.638. The number of hydrogen-bond donors (Lipinski definition) is 0. The highest BCUT2D eigenvalue weighted by Crippen LogP contribution is 2.38. The summed E-state index contributed by atoms with van der Waals surface area (Å²) in [6.07, 6.45) is 0. The standard InChI is InChI=1S/C15H11ClN2O3/c1-21-15(10-17,11-5-3-2-4-6-11)13-8-7-12(18(19)20)9-14(13)16/h2-9H,1H3. The van der Waals surface area contributed by atoms with Crippen LogP contribution in [0.2, 0.25) is 5.02 Å². The van der Waals surface area contributed by atoms with Gasteiger partial charge >= 0.3 is 0 Å². The van der Waals surface area contributed by atoms with Crippen molar-refractivity contribution < 1.29 is 9.66 Å². The largest absolute Gasteiger partial charge is 0.355 e. The summed E-state index contributed by atoms with van der Waals surface area (Å²) in [6, 6.07) is 14.9. The van der Waals surface area contributed by atoms with Crippen molar-refractivity contribution in [3.63, 3.8) is 0 Å². The van der Waals surface area contributed by atoms with Crippen molar-refractivity contribution in [1.29, 1.82) is 5.26 Å². The number of hydrogen-bond acceptors (Lipinski definition) is 4.